The van der Waals surface area contributed by atoms with Crippen LogP contribution in [0.5, 0.6) is 23.0 Å². The lowest BCUT2D eigenvalue weighted by Crippen LogP contribution is -2.58. The minimum absolute atomic E-state index is 0.0637. The van der Waals surface area contributed by atoms with Crippen molar-refractivity contribution in [2.45, 2.75) is 136 Å². The van der Waals surface area contributed by atoms with Crippen molar-refractivity contribution in [3.05, 3.63) is 88.7 Å². The van der Waals surface area contributed by atoms with Gasteiger partial charge in [-0.2, -0.15) is 5.10 Å². The summed E-state index contributed by atoms with van der Waals surface area (Å²) in [7, 11) is 1.45. The number of carbonyl (C=O) groups excluding carboxylic acids is 3. The van der Waals surface area contributed by atoms with Gasteiger partial charge in [-0.25, -0.2) is 0 Å². The standard InChI is InChI=1S/C55H69N3O12/c1-28-14-13-15-29(2)53(66)57-44-39(26-56-58(27-35-16-11-10-12-17-35)55-23-36-20-37(24-55)22-38(21-36)25-55)48(63)41-42(49(44)64)47(62)33(6)51-43(41)52(65)54(8,70-51)68-19-18-40(67-9)30(3)50(69-34(7)59)32(5)46(61)31(4)45(28)60/h10-19,26,28,30-32,36-38,40,45-46,50,60-64H,20-25,27H2,1-9H3,(H,57,66)/t28-,30+,31-,32-,36?,37?,38?,40+,45-,46-,50-,54-,55?/m0/s1. The van der Waals surface area contributed by atoms with Crippen LogP contribution in [0.1, 0.15) is 114 Å². The molecule has 0 aromatic heterocycles. The zero-order valence-electron chi connectivity index (χ0n) is 41.6. The first-order chi connectivity index (χ1) is 33.2. The van der Waals surface area contributed by atoms with Crippen molar-refractivity contribution in [2.24, 2.45) is 46.5 Å². The van der Waals surface area contributed by atoms with Crippen molar-refractivity contribution in [3.63, 3.8) is 0 Å². The number of fused-ring (bicyclic) bond motifs is 14. The van der Waals surface area contributed by atoms with Crippen LogP contribution in [-0.2, 0) is 30.3 Å². The molecule has 3 aromatic rings. The molecule has 1 amide bonds. The Kier molecular flexibility index (Phi) is 14.2. The average molecular weight is 964 g/mol. The minimum atomic E-state index is -2.07. The molecule has 0 radical (unpaired) electrons. The van der Waals surface area contributed by atoms with Crippen LogP contribution in [-0.4, -0.2) is 97.3 Å². The lowest BCUT2D eigenvalue weighted by Gasteiger charge is -2.59. The van der Waals surface area contributed by atoms with Crippen molar-refractivity contribution in [3.8, 4) is 23.0 Å². The SMILES string of the molecule is CO[C@@H]1C=CO[C@@]2(C)Oc3c(C)c(O)c4c(O)c(c(C=NN(Cc5ccccc5)C56CC7CC(CC(C7)C5)C6)c(O)c4c3C2=O)NC(=O)C(C)=CC=C[C@H](C)[C@H](O)[C@H](C)[C@H](O)[C@H](C)[C@@H](OC(C)=O)[C@@H]1C. The van der Waals surface area contributed by atoms with E-state index in [1.165, 1.54) is 71.8 Å². The van der Waals surface area contributed by atoms with E-state index in [-0.39, 0.29) is 50.0 Å². The molecule has 9 atom stereocenters. The molecule has 3 heterocycles. The second-order valence-electron chi connectivity index (χ2n) is 21.0. The molecule has 15 nitrogen and oxygen atoms in total. The Morgan fingerprint density at radius 1 is 0.886 bits per heavy atom. The van der Waals surface area contributed by atoms with Gasteiger partial charge < -0.3 is 49.8 Å². The Morgan fingerprint density at radius 2 is 1.53 bits per heavy atom. The lowest BCUT2D eigenvalue weighted by atomic mass is 9.52. The smallest absolute Gasteiger partial charge is 0.312 e. The summed E-state index contributed by atoms with van der Waals surface area (Å²) < 4.78 is 24.0. The van der Waals surface area contributed by atoms with E-state index in [9.17, 15) is 39.9 Å². The maximum absolute atomic E-state index is 14.8. The first-order valence-corrected chi connectivity index (χ1v) is 24.6. The van der Waals surface area contributed by atoms with Crippen molar-refractivity contribution < 1.29 is 58.9 Å². The van der Waals surface area contributed by atoms with Gasteiger partial charge in [0.15, 0.2) is 5.75 Å². The number of methoxy groups -OCH3 is 1. The third-order valence-electron chi connectivity index (χ3n) is 16.1. The van der Waals surface area contributed by atoms with Crippen LogP contribution >= 0.6 is 0 Å². The third-order valence-corrected chi connectivity index (χ3v) is 16.1. The molecule has 4 aliphatic carbocycles. The number of aliphatic hydroxyl groups is 2. The summed E-state index contributed by atoms with van der Waals surface area (Å²) >= 11 is 0. The first kappa shape index (κ1) is 50.5. The van der Waals surface area contributed by atoms with Crippen molar-refractivity contribution >= 4 is 40.3 Å². The Hall–Kier alpha value is -5.90. The van der Waals surface area contributed by atoms with Crippen LogP contribution in [0.25, 0.3) is 10.8 Å². The van der Waals surface area contributed by atoms with Gasteiger partial charge in [0.05, 0.1) is 65.1 Å². The maximum atomic E-state index is 14.8. The number of ketones is 1. The molecule has 3 aromatic carbocycles. The number of nitrogens with zero attached hydrogens (tertiary/aromatic N) is 2. The summed E-state index contributed by atoms with van der Waals surface area (Å²) in [6, 6.07) is 10.0. The van der Waals surface area contributed by atoms with Gasteiger partial charge in [0.1, 0.15) is 23.4 Å². The zero-order chi connectivity index (χ0) is 50.6. The predicted molar refractivity (Wildman–Crippen MR) is 264 cm³/mol. The number of amides is 1. The normalized spacial score (nSPS) is 33.4. The van der Waals surface area contributed by atoms with E-state index >= 15 is 0 Å². The molecular weight excluding hydrogens is 895 g/mol. The number of rotatable bonds is 7. The number of benzene rings is 3. The van der Waals surface area contributed by atoms with Crippen molar-refractivity contribution in [1.29, 1.82) is 0 Å². The van der Waals surface area contributed by atoms with Crippen LogP contribution in [0.2, 0.25) is 0 Å². The molecule has 15 heteroatoms. The molecule has 9 bridgehead atoms. The second-order valence-corrected chi connectivity index (χ2v) is 21.0. The fraction of sp³-hybridized carbons (Fsp3) is 0.527. The molecule has 0 spiro atoms. The monoisotopic (exact) mass is 963 g/mol. The van der Waals surface area contributed by atoms with Crippen LogP contribution in [0.15, 0.2) is 71.6 Å². The number of esters is 1. The third kappa shape index (κ3) is 9.27. The molecule has 10 rings (SSSR count). The molecule has 0 saturated heterocycles. The molecule has 70 heavy (non-hydrogen) atoms. The van der Waals surface area contributed by atoms with Crippen LogP contribution in [0.3, 0.4) is 0 Å². The van der Waals surface area contributed by atoms with Crippen LogP contribution in [0, 0.1) is 48.3 Å². The van der Waals surface area contributed by atoms with Crippen LogP contribution < -0.4 is 10.1 Å². The number of hydrazone groups is 1. The highest BCUT2D eigenvalue weighted by atomic mass is 16.7. The maximum Gasteiger partial charge on any atom is 0.312 e. The van der Waals surface area contributed by atoms with Crippen molar-refractivity contribution in [2.75, 3.05) is 12.4 Å². The number of phenolic OH excluding ortho intramolecular Hbond substituents is 3. The number of hydrogen-bond acceptors (Lipinski definition) is 14. The summed E-state index contributed by atoms with van der Waals surface area (Å²) in [5.74, 6) is -6.60. The number of aromatic hydroxyl groups is 3. The highest BCUT2D eigenvalue weighted by Crippen LogP contribution is 2.59. The molecule has 7 aliphatic rings. The average Bonchev–Trinajstić information content (AvgIpc) is 3.58. The molecular formula is C55H69N3O12. The van der Waals surface area contributed by atoms with E-state index in [4.69, 9.17) is 24.0 Å². The topological polar surface area (TPSA) is 217 Å². The van der Waals surface area contributed by atoms with Crippen molar-refractivity contribution in [1.82, 2.24) is 5.01 Å². The summed E-state index contributed by atoms with van der Waals surface area (Å²) in [6.45, 7) is 13.1. The van der Waals surface area contributed by atoms with Gasteiger partial charge in [-0.05, 0) is 81.8 Å². The number of hydrogen-bond donors (Lipinski definition) is 6. The molecule has 0 unspecified atom stereocenters. The summed E-state index contributed by atoms with van der Waals surface area (Å²) in [5, 5.41) is 69.6. The van der Waals surface area contributed by atoms with E-state index in [1.54, 1.807) is 46.8 Å². The van der Waals surface area contributed by atoms with Gasteiger partial charge in [0, 0.05) is 61.2 Å². The Bertz CT molecular complexity index is 2610. The number of carbonyl (C=O) groups is 3. The predicted octanol–water partition coefficient (Wildman–Crippen LogP) is 8.56. The highest BCUT2D eigenvalue weighted by molar-refractivity contribution is 6.23. The van der Waals surface area contributed by atoms with E-state index < -0.39 is 88.8 Å². The van der Waals surface area contributed by atoms with E-state index in [1.807, 2.05) is 30.3 Å². The lowest BCUT2D eigenvalue weighted by molar-refractivity contribution is -0.160. The number of Topliss-reactive ketones (excluding diaryl/α,β-unsaturated/α-hetero) is 1. The summed E-state index contributed by atoms with van der Waals surface area (Å²) in [5.41, 5.74) is 0.492. The summed E-state index contributed by atoms with van der Waals surface area (Å²) in [6.07, 6.45) is 11.6. The number of anilines is 1. The zero-order valence-corrected chi connectivity index (χ0v) is 41.6. The second kappa shape index (κ2) is 19.7. The number of ether oxygens (including phenoxy) is 4. The molecule has 6 N–H and O–H groups in total. The number of nitrogens with one attached hydrogen (secondary N) is 1. The molecule has 4 fully saturated rings. The Morgan fingerprint density at radius 3 is 2.14 bits per heavy atom. The fourth-order valence-electron chi connectivity index (χ4n) is 12.5. The van der Waals surface area contributed by atoms with Gasteiger partial charge >= 0.3 is 11.8 Å². The van der Waals surface area contributed by atoms with Crippen LogP contribution in [0.4, 0.5) is 5.69 Å². The molecule has 3 aliphatic heterocycles. The fourth-order valence-corrected chi connectivity index (χ4v) is 12.5. The summed E-state index contributed by atoms with van der Waals surface area (Å²) in [4.78, 5) is 41.5. The quantitative estimate of drug-likeness (QED) is 0.0431. The van der Waals surface area contributed by atoms with Gasteiger partial charge in [0.2, 0.25) is 0 Å². The minimum Gasteiger partial charge on any atom is -0.507 e. The van der Waals surface area contributed by atoms with Gasteiger partial charge in [0.25, 0.3) is 11.7 Å². The molecule has 4 saturated carbocycles. The Labute approximate surface area is 409 Å². The number of aliphatic hydroxyl groups excluding tert-OH is 2. The number of phenols is 3. The van der Waals surface area contributed by atoms with E-state index in [0.29, 0.717) is 24.3 Å². The largest absolute Gasteiger partial charge is 0.507 e. The van der Waals surface area contributed by atoms with Gasteiger partial charge in [-0.15, -0.1) is 0 Å². The Balaban J connectivity index is 1.29. The first-order valence-electron chi connectivity index (χ1n) is 24.6. The number of allylic oxidation sites excluding steroid dienone is 2. The van der Waals surface area contributed by atoms with E-state index in [0.717, 1.165) is 24.8 Å². The van der Waals surface area contributed by atoms with E-state index in [2.05, 4.69) is 10.3 Å². The molecule has 376 valence electrons. The van der Waals surface area contributed by atoms with Gasteiger partial charge in [-0.1, -0.05) is 76.3 Å². The highest BCUT2D eigenvalue weighted by Gasteiger charge is 2.54. The van der Waals surface area contributed by atoms with Gasteiger partial charge in [-0.3, -0.25) is 19.4 Å².